The number of halogens is 1. The SMILES string of the molecule is NNc1ncc(Br)cc1S(=O)(=O)NCc1ccsc1. The van der Waals surface area contributed by atoms with Gasteiger partial charge in [-0.25, -0.2) is 24.0 Å². The topological polar surface area (TPSA) is 97.1 Å². The molecule has 2 rings (SSSR count). The van der Waals surface area contributed by atoms with Gasteiger partial charge in [-0.05, 0) is 44.4 Å². The number of nitrogens with two attached hydrogens (primary N) is 1. The van der Waals surface area contributed by atoms with Gasteiger partial charge < -0.3 is 5.43 Å². The Labute approximate surface area is 123 Å². The summed E-state index contributed by atoms with van der Waals surface area (Å²) in [7, 11) is -3.68. The number of thiophene rings is 1. The fraction of sp³-hybridized carbons (Fsp3) is 0.100. The highest BCUT2D eigenvalue weighted by atomic mass is 79.9. The molecule has 19 heavy (non-hydrogen) atoms. The minimum Gasteiger partial charge on any atom is -0.307 e. The maximum atomic E-state index is 12.2. The Morgan fingerprint density at radius 3 is 2.89 bits per heavy atom. The van der Waals surface area contributed by atoms with E-state index in [1.54, 1.807) is 0 Å². The van der Waals surface area contributed by atoms with Crippen molar-refractivity contribution in [3.63, 3.8) is 0 Å². The zero-order valence-electron chi connectivity index (χ0n) is 9.63. The van der Waals surface area contributed by atoms with Crippen LogP contribution in [-0.2, 0) is 16.6 Å². The third kappa shape index (κ3) is 3.51. The van der Waals surface area contributed by atoms with Crippen LogP contribution in [0.4, 0.5) is 5.82 Å². The largest absolute Gasteiger partial charge is 0.307 e. The third-order valence-electron chi connectivity index (χ3n) is 2.29. The average molecular weight is 363 g/mol. The summed E-state index contributed by atoms with van der Waals surface area (Å²) in [4.78, 5) is 3.91. The predicted molar refractivity (Wildman–Crippen MR) is 78.1 cm³/mol. The van der Waals surface area contributed by atoms with E-state index in [-0.39, 0.29) is 17.3 Å². The van der Waals surface area contributed by atoms with Crippen LogP contribution in [0.3, 0.4) is 0 Å². The van der Waals surface area contributed by atoms with Crippen LogP contribution in [0.15, 0.2) is 38.5 Å². The van der Waals surface area contributed by atoms with Crippen LogP contribution in [-0.4, -0.2) is 13.4 Å². The molecule has 0 atom stereocenters. The lowest BCUT2D eigenvalue weighted by molar-refractivity contribution is 0.581. The maximum absolute atomic E-state index is 12.2. The number of nitrogen functional groups attached to an aromatic ring is 1. The molecular weight excluding hydrogens is 352 g/mol. The molecule has 0 fully saturated rings. The molecule has 0 aliphatic heterocycles. The number of hydrogen-bond acceptors (Lipinski definition) is 6. The van der Waals surface area contributed by atoms with E-state index < -0.39 is 10.0 Å². The fourth-order valence-corrected chi connectivity index (χ4v) is 3.70. The number of anilines is 1. The van der Waals surface area contributed by atoms with Gasteiger partial charge in [0.15, 0.2) is 5.82 Å². The Hall–Kier alpha value is -1.00. The van der Waals surface area contributed by atoms with E-state index in [0.717, 1.165) is 5.56 Å². The highest BCUT2D eigenvalue weighted by Crippen LogP contribution is 2.22. The van der Waals surface area contributed by atoms with Crippen molar-refractivity contribution in [3.05, 3.63) is 39.1 Å². The van der Waals surface area contributed by atoms with E-state index in [4.69, 9.17) is 5.84 Å². The second kappa shape index (κ2) is 5.97. The van der Waals surface area contributed by atoms with Gasteiger partial charge in [0.05, 0.1) is 0 Å². The lowest BCUT2D eigenvalue weighted by Gasteiger charge is -2.10. The Balaban J connectivity index is 2.26. The minimum absolute atomic E-state index is 0.000366. The summed E-state index contributed by atoms with van der Waals surface area (Å²) in [6.07, 6.45) is 1.47. The van der Waals surface area contributed by atoms with Gasteiger partial charge in [0.25, 0.3) is 0 Å². The molecule has 0 radical (unpaired) electrons. The van der Waals surface area contributed by atoms with E-state index in [9.17, 15) is 8.42 Å². The lowest BCUT2D eigenvalue weighted by atomic mass is 10.4. The molecule has 0 saturated carbocycles. The lowest BCUT2D eigenvalue weighted by Crippen LogP contribution is -2.25. The molecule has 0 bridgehead atoms. The molecule has 0 saturated heterocycles. The molecule has 9 heteroatoms. The summed E-state index contributed by atoms with van der Waals surface area (Å²) in [5, 5.41) is 3.76. The minimum atomic E-state index is -3.68. The van der Waals surface area contributed by atoms with Crippen LogP contribution in [0, 0.1) is 0 Å². The molecule has 6 nitrogen and oxygen atoms in total. The van der Waals surface area contributed by atoms with Crippen LogP contribution >= 0.6 is 27.3 Å². The van der Waals surface area contributed by atoms with Gasteiger partial charge in [0, 0.05) is 17.2 Å². The smallest absolute Gasteiger partial charge is 0.244 e. The van der Waals surface area contributed by atoms with Gasteiger partial charge in [0.1, 0.15) is 4.90 Å². The molecule has 2 aromatic rings. The molecule has 0 amide bonds. The van der Waals surface area contributed by atoms with Gasteiger partial charge in [-0.2, -0.15) is 11.3 Å². The van der Waals surface area contributed by atoms with Gasteiger partial charge in [-0.3, -0.25) is 0 Å². The highest BCUT2D eigenvalue weighted by molar-refractivity contribution is 9.10. The molecule has 0 unspecified atom stereocenters. The van der Waals surface area contributed by atoms with Crippen LogP contribution in [0.2, 0.25) is 0 Å². The summed E-state index contributed by atoms with van der Waals surface area (Å²) in [6.45, 7) is 0.225. The number of aromatic nitrogens is 1. The Bertz CT molecular complexity index is 658. The third-order valence-corrected chi connectivity index (χ3v) is 4.87. The molecule has 4 N–H and O–H groups in total. The van der Waals surface area contributed by atoms with Crippen molar-refractivity contribution in [2.45, 2.75) is 11.4 Å². The second-order valence-corrected chi connectivity index (χ2v) is 7.03. The molecule has 0 aliphatic carbocycles. The monoisotopic (exact) mass is 362 g/mol. The van der Waals surface area contributed by atoms with Crippen molar-refractivity contribution in [3.8, 4) is 0 Å². The van der Waals surface area contributed by atoms with Gasteiger partial charge >= 0.3 is 0 Å². The van der Waals surface area contributed by atoms with Gasteiger partial charge in [-0.15, -0.1) is 0 Å². The first-order chi connectivity index (χ1) is 9.03. The number of hydrogen-bond donors (Lipinski definition) is 3. The zero-order chi connectivity index (χ0) is 13.9. The van der Waals surface area contributed by atoms with E-state index in [2.05, 4.69) is 31.1 Å². The van der Waals surface area contributed by atoms with E-state index in [0.29, 0.717) is 4.47 Å². The van der Waals surface area contributed by atoms with Crippen LogP contribution in [0.25, 0.3) is 0 Å². The Morgan fingerprint density at radius 1 is 1.47 bits per heavy atom. The van der Waals surface area contributed by atoms with Crippen molar-refractivity contribution < 1.29 is 8.42 Å². The summed E-state index contributed by atoms with van der Waals surface area (Å²) in [5.74, 6) is 5.37. The van der Waals surface area contributed by atoms with Crippen molar-refractivity contribution >= 4 is 43.1 Å². The number of nitrogens with zero attached hydrogens (tertiary/aromatic N) is 1. The Morgan fingerprint density at radius 2 is 2.26 bits per heavy atom. The van der Waals surface area contributed by atoms with Crippen molar-refractivity contribution in [1.82, 2.24) is 9.71 Å². The molecule has 2 heterocycles. The summed E-state index contributed by atoms with van der Waals surface area (Å²) in [6, 6.07) is 3.30. The van der Waals surface area contributed by atoms with Crippen LogP contribution < -0.4 is 16.0 Å². The molecular formula is C10H11BrN4O2S2. The number of rotatable bonds is 5. The first-order valence-electron chi connectivity index (χ1n) is 5.16. The molecule has 102 valence electrons. The van der Waals surface area contributed by atoms with Gasteiger partial charge in [0.2, 0.25) is 10.0 Å². The zero-order valence-corrected chi connectivity index (χ0v) is 12.8. The number of sulfonamides is 1. The summed E-state index contributed by atoms with van der Waals surface area (Å²) < 4.78 is 27.5. The first-order valence-corrected chi connectivity index (χ1v) is 8.38. The second-order valence-electron chi connectivity index (χ2n) is 3.60. The Kier molecular flexibility index (Phi) is 4.53. The maximum Gasteiger partial charge on any atom is 0.244 e. The number of hydrazine groups is 1. The summed E-state index contributed by atoms with van der Waals surface area (Å²) in [5.41, 5.74) is 3.17. The standard InChI is InChI=1S/C10H11BrN4O2S2/c11-8-3-9(10(15-12)13-5-8)19(16,17)14-4-7-1-2-18-6-7/h1-3,5-6,14H,4,12H2,(H,13,15). The number of nitrogens with one attached hydrogen (secondary N) is 2. The first kappa shape index (κ1) is 14.4. The molecule has 0 aliphatic rings. The van der Waals surface area contributed by atoms with Crippen molar-refractivity contribution in [1.29, 1.82) is 0 Å². The van der Waals surface area contributed by atoms with Crippen molar-refractivity contribution in [2.24, 2.45) is 5.84 Å². The summed E-state index contributed by atoms with van der Waals surface area (Å²) >= 11 is 4.70. The fourth-order valence-electron chi connectivity index (χ4n) is 1.38. The van der Waals surface area contributed by atoms with E-state index >= 15 is 0 Å². The van der Waals surface area contributed by atoms with Crippen LogP contribution in [0.5, 0.6) is 0 Å². The molecule has 0 aromatic carbocycles. The van der Waals surface area contributed by atoms with E-state index in [1.807, 2.05) is 16.8 Å². The average Bonchev–Trinajstić information content (AvgIpc) is 2.89. The van der Waals surface area contributed by atoms with Gasteiger partial charge in [-0.1, -0.05) is 0 Å². The number of pyridine rings is 1. The van der Waals surface area contributed by atoms with Crippen LogP contribution in [0.1, 0.15) is 5.56 Å². The van der Waals surface area contributed by atoms with Crippen molar-refractivity contribution in [2.75, 3.05) is 5.43 Å². The highest BCUT2D eigenvalue weighted by Gasteiger charge is 2.19. The molecule has 2 aromatic heterocycles. The normalized spacial score (nSPS) is 11.5. The quantitative estimate of drug-likeness (QED) is 0.555. The molecule has 0 spiro atoms. The predicted octanol–water partition coefficient (Wildman–Crippen LogP) is 1.67. The van der Waals surface area contributed by atoms with E-state index in [1.165, 1.54) is 23.6 Å².